The van der Waals surface area contributed by atoms with Crippen LogP contribution in [0, 0.1) is 5.82 Å². The molecule has 0 unspecified atom stereocenters. The summed E-state index contributed by atoms with van der Waals surface area (Å²) in [5.41, 5.74) is 6.78. The summed E-state index contributed by atoms with van der Waals surface area (Å²) >= 11 is 4.83. The van der Waals surface area contributed by atoms with E-state index in [-0.39, 0.29) is 10.6 Å². The fourth-order valence-electron chi connectivity index (χ4n) is 1.64. The zero-order valence-corrected chi connectivity index (χ0v) is 11.2. The van der Waals surface area contributed by atoms with Crippen molar-refractivity contribution < 1.29 is 9.18 Å². The SMILES string of the molecule is NC(=S)c1cc(F)ccc1NC(=O)Nc1ccccc1. The van der Waals surface area contributed by atoms with Crippen LogP contribution in [0.1, 0.15) is 5.56 Å². The molecule has 0 aliphatic rings. The lowest BCUT2D eigenvalue weighted by molar-refractivity contribution is 0.262. The maximum Gasteiger partial charge on any atom is 0.323 e. The predicted molar refractivity (Wildman–Crippen MR) is 81.4 cm³/mol. The number of nitrogens with one attached hydrogen (secondary N) is 2. The second-order valence-corrected chi connectivity index (χ2v) is 4.44. The minimum Gasteiger partial charge on any atom is -0.389 e. The lowest BCUT2D eigenvalue weighted by Gasteiger charge is -2.11. The zero-order valence-electron chi connectivity index (χ0n) is 10.4. The molecule has 102 valence electrons. The van der Waals surface area contributed by atoms with Gasteiger partial charge in [0.05, 0.1) is 5.69 Å². The van der Waals surface area contributed by atoms with Gasteiger partial charge in [-0.25, -0.2) is 9.18 Å². The molecule has 2 aromatic carbocycles. The Labute approximate surface area is 120 Å². The number of carbonyl (C=O) groups excluding carboxylic acids is 1. The van der Waals surface area contributed by atoms with Gasteiger partial charge in [-0.15, -0.1) is 0 Å². The Hall–Kier alpha value is -2.47. The molecule has 0 aromatic heterocycles. The number of amides is 2. The molecule has 0 fully saturated rings. The van der Waals surface area contributed by atoms with Crippen molar-refractivity contribution in [1.82, 2.24) is 0 Å². The highest BCUT2D eigenvalue weighted by molar-refractivity contribution is 7.80. The van der Waals surface area contributed by atoms with Gasteiger partial charge in [-0.1, -0.05) is 30.4 Å². The third-order valence-corrected chi connectivity index (χ3v) is 2.75. The minimum atomic E-state index is -0.471. The molecule has 0 radical (unpaired) electrons. The van der Waals surface area contributed by atoms with Crippen LogP contribution in [0.15, 0.2) is 48.5 Å². The second-order valence-electron chi connectivity index (χ2n) is 4.00. The van der Waals surface area contributed by atoms with Gasteiger partial charge in [0, 0.05) is 11.3 Å². The third-order valence-electron chi connectivity index (χ3n) is 2.53. The molecule has 20 heavy (non-hydrogen) atoms. The number of nitrogens with two attached hydrogens (primary N) is 1. The van der Waals surface area contributed by atoms with Crippen molar-refractivity contribution in [3.63, 3.8) is 0 Å². The minimum absolute atomic E-state index is 0.0134. The van der Waals surface area contributed by atoms with Gasteiger partial charge in [-0.05, 0) is 30.3 Å². The molecule has 0 aliphatic carbocycles. The molecule has 2 rings (SSSR count). The molecule has 0 saturated heterocycles. The average molecular weight is 289 g/mol. The predicted octanol–water partition coefficient (Wildman–Crippen LogP) is 3.10. The molecule has 4 nitrogen and oxygen atoms in total. The van der Waals surface area contributed by atoms with Crippen molar-refractivity contribution in [3.05, 3.63) is 59.9 Å². The smallest absolute Gasteiger partial charge is 0.323 e. The van der Waals surface area contributed by atoms with Crippen LogP contribution in [0.2, 0.25) is 0 Å². The van der Waals surface area contributed by atoms with Crippen molar-refractivity contribution in [3.8, 4) is 0 Å². The zero-order chi connectivity index (χ0) is 14.5. The van der Waals surface area contributed by atoms with E-state index >= 15 is 0 Å². The molecule has 6 heteroatoms. The number of hydrogen-bond donors (Lipinski definition) is 3. The summed E-state index contributed by atoms with van der Waals surface area (Å²) in [6.07, 6.45) is 0. The number of halogens is 1. The highest BCUT2D eigenvalue weighted by Gasteiger charge is 2.10. The largest absolute Gasteiger partial charge is 0.389 e. The number of carbonyl (C=O) groups is 1. The monoisotopic (exact) mass is 289 g/mol. The van der Waals surface area contributed by atoms with Gasteiger partial charge in [-0.3, -0.25) is 0 Å². The van der Waals surface area contributed by atoms with E-state index in [1.807, 2.05) is 6.07 Å². The molecule has 0 heterocycles. The number of rotatable bonds is 3. The van der Waals surface area contributed by atoms with Crippen molar-refractivity contribution in [2.45, 2.75) is 0 Å². The molecule has 2 amide bonds. The Morgan fingerprint density at radius 3 is 2.45 bits per heavy atom. The lowest BCUT2D eigenvalue weighted by Crippen LogP contribution is -2.22. The Balaban J connectivity index is 2.14. The second kappa shape index (κ2) is 6.12. The maximum absolute atomic E-state index is 13.1. The van der Waals surface area contributed by atoms with Crippen molar-refractivity contribution in [2.24, 2.45) is 5.73 Å². The fraction of sp³-hybridized carbons (Fsp3) is 0. The standard InChI is InChI=1S/C14H12FN3OS/c15-9-6-7-12(11(8-9)13(16)20)18-14(19)17-10-4-2-1-3-5-10/h1-8H,(H2,16,20)(H2,17,18,19). The number of thiocarbonyl (C=S) groups is 1. The molecule has 4 N–H and O–H groups in total. The molecule has 0 atom stereocenters. The van der Waals surface area contributed by atoms with Gasteiger partial charge in [0.15, 0.2) is 0 Å². The normalized spacial score (nSPS) is 9.85. The molecule has 2 aromatic rings. The van der Waals surface area contributed by atoms with Crippen LogP contribution in [0.25, 0.3) is 0 Å². The molecule has 0 aliphatic heterocycles. The van der Waals surface area contributed by atoms with Gasteiger partial charge < -0.3 is 16.4 Å². The summed E-state index contributed by atoms with van der Waals surface area (Å²) < 4.78 is 13.1. The van der Waals surface area contributed by atoms with Gasteiger partial charge in [0.25, 0.3) is 0 Å². The summed E-state index contributed by atoms with van der Waals surface area (Å²) in [7, 11) is 0. The number of urea groups is 1. The Morgan fingerprint density at radius 2 is 1.80 bits per heavy atom. The van der Waals surface area contributed by atoms with Crippen LogP contribution >= 0.6 is 12.2 Å². The highest BCUT2D eigenvalue weighted by atomic mass is 32.1. The van der Waals surface area contributed by atoms with E-state index in [1.54, 1.807) is 24.3 Å². The summed E-state index contributed by atoms with van der Waals surface area (Å²) in [6.45, 7) is 0. The number of benzene rings is 2. The number of para-hydroxylation sites is 1. The van der Waals surface area contributed by atoms with Gasteiger partial charge >= 0.3 is 6.03 Å². The first kappa shape index (κ1) is 14.0. The van der Waals surface area contributed by atoms with Crippen molar-refractivity contribution in [2.75, 3.05) is 10.6 Å². The van der Waals surface area contributed by atoms with Gasteiger partial charge in [0.2, 0.25) is 0 Å². The first-order valence-corrected chi connectivity index (χ1v) is 6.19. The summed E-state index contributed by atoms with van der Waals surface area (Å²) in [4.78, 5) is 11.9. The first-order chi connectivity index (χ1) is 9.56. The molecular formula is C14H12FN3OS. The van der Waals surface area contributed by atoms with Crippen LogP contribution < -0.4 is 16.4 Å². The average Bonchev–Trinajstić information content (AvgIpc) is 2.41. The van der Waals surface area contributed by atoms with Crippen LogP contribution in [-0.4, -0.2) is 11.0 Å². The quantitative estimate of drug-likeness (QED) is 0.761. The van der Waals surface area contributed by atoms with E-state index in [1.165, 1.54) is 18.2 Å². The van der Waals surface area contributed by atoms with E-state index in [0.717, 1.165) is 0 Å². The Morgan fingerprint density at radius 1 is 1.10 bits per heavy atom. The van der Waals surface area contributed by atoms with Crippen LogP contribution in [-0.2, 0) is 0 Å². The highest BCUT2D eigenvalue weighted by Crippen LogP contribution is 2.17. The number of anilines is 2. The summed E-state index contributed by atoms with van der Waals surface area (Å²) in [5.74, 6) is -0.471. The molecule has 0 saturated carbocycles. The van der Waals surface area contributed by atoms with Crippen LogP contribution in [0.4, 0.5) is 20.6 Å². The molecule has 0 spiro atoms. The lowest BCUT2D eigenvalue weighted by atomic mass is 10.1. The topological polar surface area (TPSA) is 67.1 Å². The van der Waals surface area contributed by atoms with E-state index in [4.69, 9.17) is 18.0 Å². The van der Waals surface area contributed by atoms with E-state index in [0.29, 0.717) is 11.4 Å². The Kier molecular flexibility index (Phi) is 4.27. The van der Waals surface area contributed by atoms with E-state index in [9.17, 15) is 9.18 Å². The van der Waals surface area contributed by atoms with Gasteiger partial charge in [-0.2, -0.15) is 0 Å². The van der Waals surface area contributed by atoms with Crippen LogP contribution in [0.5, 0.6) is 0 Å². The maximum atomic E-state index is 13.1. The van der Waals surface area contributed by atoms with Gasteiger partial charge in [0.1, 0.15) is 10.8 Å². The summed E-state index contributed by atoms with van der Waals surface area (Å²) in [6, 6.07) is 12.3. The Bertz CT molecular complexity index is 646. The summed E-state index contributed by atoms with van der Waals surface area (Å²) in [5, 5.41) is 5.23. The van der Waals surface area contributed by atoms with Crippen LogP contribution in [0.3, 0.4) is 0 Å². The molecule has 0 bridgehead atoms. The fourth-order valence-corrected chi connectivity index (χ4v) is 1.80. The van der Waals surface area contributed by atoms with E-state index in [2.05, 4.69) is 10.6 Å². The first-order valence-electron chi connectivity index (χ1n) is 5.78. The number of hydrogen-bond acceptors (Lipinski definition) is 2. The van der Waals surface area contributed by atoms with E-state index < -0.39 is 11.8 Å². The van der Waals surface area contributed by atoms with Crippen molar-refractivity contribution >= 4 is 34.6 Å². The van der Waals surface area contributed by atoms with Crippen molar-refractivity contribution in [1.29, 1.82) is 0 Å². The molecular weight excluding hydrogens is 277 g/mol. The third kappa shape index (κ3) is 3.52.